The maximum Gasteiger partial charge on any atom is 0.243 e. The number of nitrogens with zero attached hydrogens (tertiary/aromatic N) is 1. The summed E-state index contributed by atoms with van der Waals surface area (Å²) in [4.78, 5) is 0.114. The van der Waals surface area contributed by atoms with Gasteiger partial charge in [0.25, 0.3) is 0 Å². The van der Waals surface area contributed by atoms with Crippen LogP contribution in [0.2, 0.25) is 0 Å². The molecule has 0 aromatic heterocycles. The third-order valence-electron chi connectivity index (χ3n) is 3.19. The molecule has 0 radical (unpaired) electrons. The van der Waals surface area contributed by atoms with E-state index in [1.54, 1.807) is 7.05 Å². The predicted octanol–water partition coefficient (Wildman–Crippen LogP) is 2.63. The molecule has 3 nitrogen and oxygen atoms in total. The predicted molar refractivity (Wildman–Crippen MR) is 65.7 cm³/mol. The highest BCUT2D eigenvalue weighted by Crippen LogP contribution is 2.25. The van der Waals surface area contributed by atoms with Gasteiger partial charge < -0.3 is 0 Å². The van der Waals surface area contributed by atoms with Crippen LogP contribution in [0.1, 0.15) is 27.2 Å². The van der Waals surface area contributed by atoms with Crippen molar-refractivity contribution < 1.29 is 12.8 Å². The molecule has 0 spiro atoms. The number of hydrogen-bond donors (Lipinski definition) is 0. The summed E-state index contributed by atoms with van der Waals surface area (Å²) in [6.07, 6.45) is 0.698. The lowest BCUT2D eigenvalue weighted by Gasteiger charge is -2.33. The average molecular weight is 259 g/mol. The van der Waals surface area contributed by atoms with Gasteiger partial charge in [0, 0.05) is 12.6 Å². The van der Waals surface area contributed by atoms with Gasteiger partial charge in [-0.15, -0.1) is 0 Å². The Kier molecular flexibility index (Phi) is 3.94. The lowest BCUT2D eigenvalue weighted by atomic mass is 10.0. The summed E-state index contributed by atoms with van der Waals surface area (Å²) in [7, 11) is -2.02. The first-order valence-corrected chi connectivity index (χ1v) is 6.90. The fourth-order valence-corrected chi connectivity index (χ4v) is 2.89. The van der Waals surface area contributed by atoms with Gasteiger partial charge in [-0.2, -0.15) is 4.31 Å². The van der Waals surface area contributed by atoms with Crippen LogP contribution >= 0.6 is 0 Å². The molecule has 5 heteroatoms. The van der Waals surface area contributed by atoms with Crippen molar-refractivity contribution in [3.63, 3.8) is 0 Å². The van der Waals surface area contributed by atoms with E-state index in [0.29, 0.717) is 6.42 Å². The first kappa shape index (κ1) is 14.1. The lowest BCUT2D eigenvalue weighted by Crippen LogP contribution is -2.44. The fraction of sp³-hybridized carbons (Fsp3) is 0.500. The smallest absolute Gasteiger partial charge is 0.207 e. The molecule has 0 unspecified atom stereocenters. The van der Waals surface area contributed by atoms with E-state index in [-0.39, 0.29) is 4.90 Å². The Morgan fingerprint density at radius 3 is 2.12 bits per heavy atom. The van der Waals surface area contributed by atoms with Crippen LogP contribution in [0.4, 0.5) is 4.39 Å². The van der Waals surface area contributed by atoms with Crippen molar-refractivity contribution in [3.8, 4) is 0 Å². The van der Waals surface area contributed by atoms with Crippen LogP contribution in [-0.2, 0) is 10.0 Å². The van der Waals surface area contributed by atoms with Crippen molar-refractivity contribution in [3.05, 3.63) is 30.1 Å². The summed E-state index contributed by atoms with van der Waals surface area (Å²) in [6.45, 7) is 5.64. The highest BCUT2D eigenvalue weighted by Gasteiger charge is 2.32. The standard InChI is InChI=1S/C12H18FNO2S/c1-5-12(2,3)14(4)17(15,16)11-8-6-10(13)7-9-11/h6-9H,5H2,1-4H3. The van der Waals surface area contributed by atoms with Crippen molar-refractivity contribution in [2.75, 3.05) is 7.05 Å². The van der Waals surface area contributed by atoms with Crippen LogP contribution in [0.15, 0.2) is 29.2 Å². The largest absolute Gasteiger partial charge is 0.243 e. The van der Waals surface area contributed by atoms with Crippen molar-refractivity contribution in [2.24, 2.45) is 0 Å². The minimum Gasteiger partial charge on any atom is -0.207 e. The summed E-state index contributed by atoms with van der Waals surface area (Å²) < 4.78 is 38.6. The Hall–Kier alpha value is -0.940. The maximum absolute atomic E-state index is 12.8. The zero-order chi connectivity index (χ0) is 13.3. The average Bonchev–Trinajstić information content (AvgIpc) is 2.28. The molecule has 0 N–H and O–H groups in total. The summed E-state index contributed by atoms with van der Waals surface area (Å²) in [5.41, 5.74) is -0.465. The van der Waals surface area contributed by atoms with E-state index >= 15 is 0 Å². The van der Waals surface area contributed by atoms with E-state index in [1.807, 2.05) is 20.8 Å². The summed E-state index contributed by atoms with van der Waals surface area (Å²) in [6, 6.07) is 4.87. The van der Waals surface area contributed by atoms with Gasteiger partial charge in [0.2, 0.25) is 10.0 Å². The number of benzene rings is 1. The van der Waals surface area contributed by atoms with Crippen molar-refractivity contribution >= 4 is 10.0 Å². The number of sulfonamides is 1. The summed E-state index contributed by atoms with van der Waals surface area (Å²) >= 11 is 0. The second-order valence-corrected chi connectivity index (χ2v) is 6.56. The van der Waals surface area contributed by atoms with Gasteiger partial charge in [0.05, 0.1) is 4.90 Å². The van der Waals surface area contributed by atoms with Gasteiger partial charge in [0.1, 0.15) is 5.82 Å². The van der Waals surface area contributed by atoms with Gasteiger partial charge in [-0.25, -0.2) is 12.8 Å². The van der Waals surface area contributed by atoms with Crippen LogP contribution < -0.4 is 0 Å². The Balaban J connectivity index is 3.16. The van der Waals surface area contributed by atoms with Crippen LogP contribution in [-0.4, -0.2) is 25.3 Å². The molecule has 0 fully saturated rings. The van der Waals surface area contributed by atoms with E-state index in [2.05, 4.69) is 0 Å². The van der Waals surface area contributed by atoms with Gasteiger partial charge in [-0.1, -0.05) is 6.92 Å². The molecule has 0 amide bonds. The second-order valence-electron chi connectivity index (χ2n) is 4.59. The normalized spacial score (nSPS) is 13.1. The molecule has 1 aromatic rings. The highest BCUT2D eigenvalue weighted by atomic mass is 32.2. The van der Waals surface area contributed by atoms with Crippen LogP contribution in [0.25, 0.3) is 0 Å². The molecule has 96 valence electrons. The number of halogens is 1. The molecular weight excluding hydrogens is 241 g/mol. The molecule has 1 aromatic carbocycles. The molecule has 0 aliphatic rings. The molecule has 0 aliphatic carbocycles. The fourth-order valence-electron chi connectivity index (χ4n) is 1.31. The molecule has 0 atom stereocenters. The van der Waals surface area contributed by atoms with Crippen LogP contribution in [0.5, 0.6) is 0 Å². The lowest BCUT2D eigenvalue weighted by molar-refractivity contribution is 0.257. The van der Waals surface area contributed by atoms with Crippen molar-refractivity contribution in [2.45, 2.75) is 37.6 Å². The van der Waals surface area contributed by atoms with Gasteiger partial charge in [0.15, 0.2) is 0 Å². The van der Waals surface area contributed by atoms with E-state index in [9.17, 15) is 12.8 Å². The molecular formula is C12H18FNO2S. The molecule has 0 saturated carbocycles. The molecule has 0 aliphatic heterocycles. The zero-order valence-corrected chi connectivity index (χ0v) is 11.4. The second kappa shape index (κ2) is 4.74. The highest BCUT2D eigenvalue weighted by molar-refractivity contribution is 7.89. The van der Waals surface area contributed by atoms with Gasteiger partial charge in [-0.3, -0.25) is 0 Å². The molecule has 0 saturated heterocycles. The van der Waals surface area contributed by atoms with Crippen LogP contribution in [0.3, 0.4) is 0 Å². The minimum atomic E-state index is -3.56. The van der Waals surface area contributed by atoms with Gasteiger partial charge in [-0.05, 0) is 44.5 Å². The SMILES string of the molecule is CCC(C)(C)N(C)S(=O)(=O)c1ccc(F)cc1. The number of rotatable bonds is 4. The summed E-state index contributed by atoms with van der Waals surface area (Å²) in [5, 5.41) is 0. The molecule has 17 heavy (non-hydrogen) atoms. The van der Waals surface area contributed by atoms with Gasteiger partial charge >= 0.3 is 0 Å². The Bertz CT molecular complexity index is 480. The number of hydrogen-bond acceptors (Lipinski definition) is 2. The van der Waals surface area contributed by atoms with Crippen molar-refractivity contribution in [1.29, 1.82) is 0 Å². The zero-order valence-electron chi connectivity index (χ0n) is 10.6. The summed E-state index contributed by atoms with van der Waals surface area (Å²) in [5.74, 6) is -0.443. The quantitative estimate of drug-likeness (QED) is 0.833. The Morgan fingerprint density at radius 2 is 1.71 bits per heavy atom. The van der Waals surface area contributed by atoms with E-state index in [4.69, 9.17) is 0 Å². The molecule has 1 rings (SSSR count). The van der Waals surface area contributed by atoms with E-state index < -0.39 is 21.4 Å². The maximum atomic E-state index is 12.8. The first-order chi connectivity index (χ1) is 7.71. The van der Waals surface area contributed by atoms with E-state index in [0.717, 1.165) is 12.1 Å². The monoisotopic (exact) mass is 259 g/mol. The molecule has 0 bridgehead atoms. The third-order valence-corrected chi connectivity index (χ3v) is 5.27. The van der Waals surface area contributed by atoms with Crippen LogP contribution in [0, 0.1) is 5.82 Å². The van der Waals surface area contributed by atoms with E-state index in [1.165, 1.54) is 16.4 Å². The third kappa shape index (κ3) is 2.84. The Morgan fingerprint density at radius 1 is 1.24 bits per heavy atom. The first-order valence-electron chi connectivity index (χ1n) is 5.46. The minimum absolute atomic E-state index is 0.114. The molecule has 0 heterocycles. The van der Waals surface area contributed by atoms with Crippen molar-refractivity contribution in [1.82, 2.24) is 4.31 Å². The Labute approximate surface area is 102 Å². The topological polar surface area (TPSA) is 37.4 Å².